The van der Waals surface area contributed by atoms with Crippen molar-refractivity contribution >= 4 is 16.5 Å². The highest BCUT2D eigenvalue weighted by atomic mass is 31.2. The normalized spacial score (nSPS) is 31.6. The quantitative estimate of drug-likeness (QED) is 0.583. The van der Waals surface area contributed by atoms with Crippen LogP contribution in [0.25, 0.3) is 0 Å². The van der Waals surface area contributed by atoms with Gasteiger partial charge in [-0.1, -0.05) is 4.52 Å². The maximum absolute atomic E-state index is 10.6. The van der Waals surface area contributed by atoms with Crippen LogP contribution in [0.3, 0.4) is 0 Å². The van der Waals surface area contributed by atoms with Crippen LogP contribution in [-0.4, -0.2) is 12.8 Å². The minimum Gasteiger partial charge on any atom is -0.344 e. The van der Waals surface area contributed by atoms with Crippen LogP contribution in [0.1, 0.15) is 6.42 Å². The molecule has 1 aliphatic heterocycles. The zero-order valence-electron chi connectivity index (χ0n) is 6.21. The Balaban J connectivity index is 0.00000121. The van der Waals surface area contributed by atoms with Crippen molar-refractivity contribution < 1.29 is 22.5 Å². The molecule has 0 aromatic carbocycles. The van der Waals surface area contributed by atoms with Crippen LogP contribution in [0, 0.1) is 0 Å². The fourth-order valence-electron chi connectivity index (χ4n) is 0.504. The van der Waals surface area contributed by atoms with E-state index in [1.165, 1.54) is 0 Å². The highest BCUT2D eigenvalue weighted by molar-refractivity contribution is 7.47. The summed E-state index contributed by atoms with van der Waals surface area (Å²) in [5.41, 5.74) is 5.28. The van der Waals surface area contributed by atoms with E-state index < -0.39 is 22.7 Å². The lowest BCUT2D eigenvalue weighted by atomic mass is 10.4. The molecular weight excluding hydrogens is 206 g/mol. The summed E-state index contributed by atoms with van der Waals surface area (Å²) in [4.78, 5) is 0. The largest absolute Gasteiger partial charge is 0.749 e. The van der Waals surface area contributed by atoms with Crippen molar-refractivity contribution in [1.82, 2.24) is 6.15 Å². The molecule has 0 saturated carbocycles. The molecule has 0 radical (unpaired) electrons. The third kappa shape index (κ3) is 4.13. The van der Waals surface area contributed by atoms with Gasteiger partial charge in [0.05, 0.1) is 0 Å². The Kier molecular flexibility index (Phi) is 5.61. The number of nitrogens with two attached hydrogens (primary N) is 1. The van der Waals surface area contributed by atoms with Crippen molar-refractivity contribution in [3.05, 3.63) is 0 Å². The topological polar surface area (TPSA) is 123 Å². The number of rotatable bonds is 0. The molecule has 0 bridgehead atoms. The molecule has 0 amide bonds. The summed E-state index contributed by atoms with van der Waals surface area (Å²) in [7, 11) is -4.71. The zero-order chi connectivity index (χ0) is 8.27. The molecule has 1 heterocycles. The van der Waals surface area contributed by atoms with Crippen molar-refractivity contribution in [2.75, 3.05) is 6.61 Å². The Labute approximate surface area is 71.0 Å². The van der Waals surface area contributed by atoms with E-state index in [1.54, 1.807) is 0 Å². The van der Waals surface area contributed by atoms with E-state index in [4.69, 9.17) is 5.73 Å². The fraction of sp³-hybridized carbons (Fsp3) is 1.00. The molecular formula is C3H10N2O5P2+2. The summed E-state index contributed by atoms with van der Waals surface area (Å²) in [6, 6.07) is 0. The van der Waals surface area contributed by atoms with Crippen LogP contribution in [0.15, 0.2) is 0 Å². The van der Waals surface area contributed by atoms with Gasteiger partial charge in [0.15, 0.2) is 10.5 Å². The van der Waals surface area contributed by atoms with Crippen molar-refractivity contribution in [3.63, 3.8) is 0 Å². The standard InChI is InChI=1S/C3H7NO5P2.H3N/c4-3-1-2-7-10(5)9-11(6)8-3;/h3H,1-2,4H2;1H3/q+2;. The lowest BCUT2D eigenvalue weighted by Gasteiger charge is -2.00. The number of hydrogen-bond acceptors (Lipinski definition) is 7. The van der Waals surface area contributed by atoms with E-state index in [0.29, 0.717) is 6.42 Å². The molecule has 1 saturated heterocycles. The molecule has 1 fully saturated rings. The van der Waals surface area contributed by atoms with Crippen molar-refractivity contribution in [2.24, 2.45) is 5.73 Å². The van der Waals surface area contributed by atoms with Crippen molar-refractivity contribution in [2.45, 2.75) is 12.6 Å². The predicted octanol–water partition coefficient (Wildman–Crippen LogP) is 1.20. The van der Waals surface area contributed by atoms with Crippen LogP contribution in [-0.2, 0) is 22.5 Å². The van der Waals surface area contributed by atoms with Crippen LogP contribution < -0.4 is 11.9 Å². The first kappa shape index (κ1) is 12.0. The van der Waals surface area contributed by atoms with E-state index in [-0.39, 0.29) is 12.8 Å². The zero-order valence-corrected chi connectivity index (χ0v) is 8.00. The average Bonchev–Trinajstić information content (AvgIpc) is 1.83. The second-order valence-corrected chi connectivity index (χ2v) is 3.81. The molecule has 5 N–H and O–H groups in total. The molecule has 9 heteroatoms. The molecule has 0 aromatic rings. The van der Waals surface area contributed by atoms with Gasteiger partial charge < -0.3 is 11.9 Å². The second-order valence-electron chi connectivity index (χ2n) is 1.79. The van der Waals surface area contributed by atoms with Gasteiger partial charge in [-0.15, -0.1) is 4.52 Å². The predicted molar refractivity (Wildman–Crippen MR) is 40.9 cm³/mol. The first-order valence-corrected chi connectivity index (χ1v) is 5.05. The minimum absolute atomic E-state index is 0. The van der Waals surface area contributed by atoms with Gasteiger partial charge in [-0.2, -0.15) is 0 Å². The lowest BCUT2D eigenvalue weighted by molar-refractivity contribution is 0.140. The van der Waals surface area contributed by atoms with E-state index >= 15 is 0 Å². The molecule has 1 aliphatic rings. The third-order valence-electron chi connectivity index (χ3n) is 0.954. The summed E-state index contributed by atoms with van der Waals surface area (Å²) in [6.07, 6.45) is -0.326. The van der Waals surface area contributed by atoms with E-state index in [1.807, 2.05) is 0 Å². The summed E-state index contributed by atoms with van der Waals surface area (Å²) in [5, 5.41) is 0. The highest BCUT2D eigenvalue weighted by Crippen LogP contribution is 2.41. The smallest absolute Gasteiger partial charge is 0.344 e. The van der Waals surface area contributed by atoms with Crippen LogP contribution in [0.2, 0.25) is 0 Å². The van der Waals surface area contributed by atoms with Crippen LogP contribution in [0.4, 0.5) is 0 Å². The maximum Gasteiger partial charge on any atom is 0.749 e. The fourth-order valence-corrected chi connectivity index (χ4v) is 1.86. The van der Waals surface area contributed by atoms with Gasteiger partial charge in [-0.05, 0) is 0 Å². The molecule has 7 nitrogen and oxygen atoms in total. The molecule has 3 unspecified atom stereocenters. The highest BCUT2D eigenvalue weighted by Gasteiger charge is 2.43. The third-order valence-corrected chi connectivity index (χ3v) is 2.86. The van der Waals surface area contributed by atoms with Gasteiger partial charge in [0.2, 0.25) is 0 Å². The summed E-state index contributed by atoms with van der Waals surface area (Å²) < 4.78 is 34.6. The summed E-state index contributed by atoms with van der Waals surface area (Å²) in [5.74, 6) is 0. The Morgan fingerprint density at radius 2 is 2.00 bits per heavy atom. The first-order chi connectivity index (χ1) is 5.18. The Morgan fingerprint density at radius 3 is 2.67 bits per heavy atom. The molecule has 12 heavy (non-hydrogen) atoms. The summed E-state index contributed by atoms with van der Waals surface area (Å²) in [6.45, 7) is 0.180. The molecule has 0 aromatic heterocycles. The van der Waals surface area contributed by atoms with Gasteiger partial charge in [-0.3, -0.25) is 0 Å². The first-order valence-electron chi connectivity index (χ1n) is 2.86. The monoisotopic (exact) mass is 216 g/mol. The van der Waals surface area contributed by atoms with E-state index in [0.717, 1.165) is 0 Å². The molecule has 3 atom stereocenters. The Bertz CT molecular complexity index is 188. The number of hydrogen-bond donors (Lipinski definition) is 2. The molecule has 0 spiro atoms. The minimum atomic E-state index is -2.40. The second kappa shape index (κ2) is 5.61. The maximum atomic E-state index is 10.6. The van der Waals surface area contributed by atoms with Gasteiger partial charge >= 0.3 is 16.5 Å². The van der Waals surface area contributed by atoms with Crippen LogP contribution in [0.5, 0.6) is 0 Å². The van der Waals surface area contributed by atoms with Gasteiger partial charge in [0.1, 0.15) is 6.61 Å². The van der Waals surface area contributed by atoms with Gasteiger partial charge in [-0.25, -0.2) is 0 Å². The van der Waals surface area contributed by atoms with Crippen molar-refractivity contribution in [1.29, 1.82) is 0 Å². The molecule has 0 aliphatic carbocycles. The van der Waals surface area contributed by atoms with Crippen molar-refractivity contribution in [3.8, 4) is 0 Å². The van der Waals surface area contributed by atoms with Crippen LogP contribution >= 0.6 is 16.5 Å². The van der Waals surface area contributed by atoms with Gasteiger partial charge in [0.25, 0.3) is 0 Å². The Hall–Kier alpha value is -0.0000000000000000486. The molecule has 1 rings (SSSR count). The lowest BCUT2D eigenvalue weighted by Crippen LogP contribution is -2.23. The SMILES string of the molecule is N.NC1CCO[P+](=O)O[P+](=O)O1. The van der Waals surface area contributed by atoms with Gasteiger partial charge in [0, 0.05) is 15.6 Å². The summed E-state index contributed by atoms with van der Waals surface area (Å²) >= 11 is 0. The average molecular weight is 216 g/mol. The van der Waals surface area contributed by atoms with E-state index in [2.05, 4.69) is 13.4 Å². The van der Waals surface area contributed by atoms with E-state index in [9.17, 15) is 9.13 Å². The molecule has 70 valence electrons. The Morgan fingerprint density at radius 1 is 1.33 bits per heavy atom.